The van der Waals surface area contributed by atoms with Gasteiger partial charge in [-0.1, -0.05) is 32.0 Å². The van der Waals surface area contributed by atoms with Crippen molar-refractivity contribution in [2.45, 2.75) is 26.4 Å². The summed E-state index contributed by atoms with van der Waals surface area (Å²) in [4.78, 5) is 33.7. The summed E-state index contributed by atoms with van der Waals surface area (Å²) in [6.07, 6.45) is 0. The Labute approximate surface area is 171 Å². The lowest BCUT2D eigenvalue weighted by Crippen LogP contribution is -2.37. The van der Waals surface area contributed by atoms with Crippen molar-refractivity contribution >= 4 is 28.3 Å². The summed E-state index contributed by atoms with van der Waals surface area (Å²) in [7, 11) is 0. The van der Waals surface area contributed by atoms with E-state index in [2.05, 4.69) is 20.4 Å². The Morgan fingerprint density at radius 3 is 2.72 bits per heavy atom. The van der Waals surface area contributed by atoms with E-state index in [9.17, 15) is 9.59 Å². The van der Waals surface area contributed by atoms with Crippen LogP contribution in [0, 0.1) is 5.92 Å². The fraction of sp³-hybridized carbons (Fsp3) is 0.238. The van der Waals surface area contributed by atoms with Crippen LogP contribution in [0.4, 0.5) is 0 Å². The number of carbonyl (C=O) groups is 1. The highest BCUT2D eigenvalue weighted by molar-refractivity contribution is 7.13. The molecule has 1 aromatic carbocycles. The third-order valence-electron chi connectivity index (χ3n) is 4.62. The summed E-state index contributed by atoms with van der Waals surface area (Å²) in [5.74, 6) is 0.519. The fourth-order valence-electron chi connectivity index (χ4n) is 3.14. The third kappa shape index (κ3) is 4.12. The zero-order valence-corrected chi connectivity index (χ0v) is 16.9. The number of para-hydroxylation sites is 2. The van der Waals surface area contributed by atoms with Crippen molar-refractivity contribution in [1.82, 2.24) is 25.1 Å². The number of hydrogen-bond donors (Lipinski definition) is 2. The second kappa shape index (κ2) is 8.00. The Morgan fingerprint density at radius 1 is 1.17 bits per heavy atom. The topological polar surface area (TPSA) is 92.7 Å². The minimum atomic E-state index is -0.315. The SMILES string of the molecule is CC(C)[C@@H](NC(=O)Cn1nc(-c2cccs2)ccc1=O)c1nc2ccccc2[nH]1. The number of H-pyrrole nitrogens is 1. The Balaban J connectivity index is 1.54. The number of carbonyl (C=O) groups excluding carboxylic acids is 1. The minimum absolute atomic E-state index is 0.113. The molecule has 8 heteroatoms. The highest BCUT2D eigenvalue weighted by Crippen LogP contribution is 2.23. The van der Waals surface area contributed by atoms with Crippen LogP contribution in [-0.4, -0.2) is 25.7 Å². The molecule has 0 aliphatic heterocycles. The van der Waals surface area contributed by atoms with Crippen molar-refractivity contribution in [3.05, 3.63) is 70.1 Å². The first-order chi connectivity index (χ1) is 14.0. The van der Waals surface area contributed by atoms with Gasteiger partial charge in [0.2, 0.25) is 5.91 Å². The van der Waals surface area contributed by atoms with Gasteiger partial charge in [0, 0.05) is 6.07 Å². The smallest absolute Gasteiger partial charge is 0.267 e. The highest BCUT2D eigenvalue weighted by Gasteiger charge is 2.22. The van der Waals surface area contributed by atoms with E-state index in [1.807, 2.05) is 55.6 Å². The maximum absolute atomic E-state index is 12.7. The van der Waals surface area contributed by atoms with Crippen LogP contribution in [0.3, 0.4) is 0 Å². The number of hydrogen-bond acceptors (Lipinski definition) is 5. The molecule has 3 heterocycles. The molecule has 1 atom stereocenters. The van der Waals surface area contributed by atoms with Crippen molar-refractivity contribution in [2.24, 2.45) is 5.92 Å². The Morgan fingerprint density at radius 2 is 2.00 bits per heavy atom. The van der Waals surface area contributed by atoms with Gasteiger partial charge in [-0.2, -0.15) is 5.10 Å². The molecule has 3 aromatic heterocycles. The van der Waals surface area contributed by atoms with Gasteiger partial charge in [-0.25, -0.2) is 9.67 Å². The average molecular weight is 407 g/mol. The molecule has 148 valence electrons. The lowest BCUT2D eigenvalue weighted by atomic mass is 10.0. The van der Waals surface area contributed by atoms with E-state index in [-0.39, 0.29) is 30.0 Å². The number of fused-ring (bicyclic) bond motifs is 1. The number of imidazole rings is 1. The summed E-state index contributed by atoms with van der Waals surface area (Å²) in [6, 6.07) is 14.4. The molecule has 0 radical (unpaired) electrons. The number of rotatable bonds is 6. The minimum Gasteiger partial charge on any atom is -0.344 e. The number of aromatic amines is 1. The van der Waals surface area contributed by atoms with E-state index in [0.29, 0.717) is 11.5 Å². The second-order valence-electron chi connectivity index (χ2n) is 7.12. The molecular weight excluding hydrogens is 386 g/mol. The van der Waals surface area contributed by atoms with Crippen LogP contribution in [0.2, 0.25) is 0 Å². The van der Waals surface area contributed by atoms with Crippen LogP contribution >= 0.6 is 11.3 Å². The van der Waals surface area contributed by atoms with E-state index < -0.39 is 0 Å². The van der Waals surface area contributed by atoms with Crippen molar-refractivity contribution in [3.63, 3.8) is 0 Å². The van der Waals surface area contributed by atoms with Gasteiger partial charge in [0.1, 0.15) is 18.1 Å². The molecule has 0 spiro atoms. The summed E-state index contributed by atoms with van der Waals surface area (Å²) in [5.41, 5.74) is 2.13. The first kappa shape index (κ1) is 19.1. The molecule has 1 amide bonds. The van der Waals surface area contributed by atoms with E-state index in [0.717, 1.165) is 15.9 Å². The van der Waals surface area contributed by atoms with Crippen LogP contribution in [0.25, 0.3) is 21.6 Å². The zero-order chi connectivity index (χ0) is 20.4. The molecule has 0 saturated heterocycles. The van der Waals surface area contributed by atoms with Crippen molar-refractivity contribution in [1.29, 1.82) is 0 Å². The number of thiophene rings is 1. The Kier molecular flexibility index (Phi) is 5.26. The maximum Gasteiger partial charge on any atom is 0.267 e. The van der Waals surface area contributed by atoms with E-state index >= 15 is 0 Å². The predicted octanol–water partition coefficient (Wildman–Crippen LogP) is 3.36. The fourth-order valence-corrected chi connectivity index (χ4v) is 3.83. The molecule has 0 unspecified atom stereocenters. The number of aromatic nitrogens is 4. The summed E-state index contributed by atoms with van der Waals surface area (Å²) < 4.78 is 1.19. The van der Waals surface area contributed by atoms with Gasteiger partial charge >= 0.3 is 0 Å². The monoisotopic (exact) mass is 407 g/mol. The Bertz CT molecular complexity index is 1160. The lowest BCUT2D eigenvalue weighted by Gasteiger charge is -2.20. The normalized spacial score (nSPS) is 12.4. The molecule has 4 aromatic rings. The van der Waals surface area contributed by atoms with Gasteiger partial charge in [-0.3, -0.25) is 9.59 Å². The number of benzene rings is 1. The molecule has 29 heavy (non-hydrogen) atoms. The quantitative estimate of drug-likeness (QED) is 0.513. The van der Waals surface area contributed by atoms with Gasteiger partial charge in [0.15, 0.2) is 0 Å². The van der Waals surface area contributed by atoms with Gasteiger partial charge < -0.3 is 10.3 Å². The van der Waals surface area contributed by atoms with Gasteiger partial charge in [-0.15, -0.1) is 11.3 Å². The molecule has 0 saturated carbocycles. The summed E-state index contributed by atoms with van der Waals surface area (Å²) in [6.45, 7) is 3.88. The molecule has 0 fully saturated rings. The predicted molar refractivity (Wildman–Crippen MR) is 114 cm³/mol. The molecule has 4 rings (SSSR count). The van der Waals surface area contributed by atoms with E-state index in [1.165, 1.54) is 22.1 Å². The standard InChI is InChI=1S/C21H21N5O2S/c1-13(2)20(21-22-14-6-3-4-7-15(14)23-21)24-18(27)12-26-19(28)10-9-16(25-26)17-8-5-11-29-17/h3-11,13,20H,12H2,1-2H3,(H,22,23)(H,24,27)/t20-/m1/s1. The molecule has 0 aliphatic rings. The molecule has 7 nitrogen and oxygen atoms in total. The number of amides is 1. The first-order valence-corrected chi connectivity index (χ1v) is 10.3. The Hall–Kier alpha value is -3.26. The van der Waals surface area contributed by atoms with E-state index in [1.54, 1.807) is 6.07 Å². The van der Waals surface area contributed by atoms with Crippen LogP contribution in [0.15, 0.2) is 58.7 Å². The highest BCUT2D eigenvalue weighted by atomic mass is 32.1. The summed E-state index contributed by atoms with van der Waals surface area (Å²) >= 11 is 1.53. The molecule has 0 aliphatic carbocycles. The third-order valence-corrected chi connectivity index (χ3v) is 5.51. The first-order valence-electron chi connectivity index (χ1n) is 9.37. The largest absolute Gasteiger partial charge is 0.344 e. The van der Waals surface area contributed by atoms with Crippen molar-refractivity contribution in [3.8, 4) is 10.6 Å². The van der Waals surface area contributed by atoms with E-state index in [4.69, 9.17) is 0 Å². The van der Waals surface area contributed by atoms with Crippen LogP contribution in [0.1, 0.15) is 25.7 Å². The average Bonchev–Trinajstić information content (AvgIpc) is 3.37. The molecule has 2 N–H and O–H groups in total. The van der Waals surface area contributed by atoms with Crippen molar-refractivity contribution in [2.75, 3.05) is 0 Å². The molecular formula is C21H21N5O2S. The summed E-state index contributed by atoms with van der Waals surface area (Å²) in [5, 5.41) is 9.28. The van der Waals surface area contributed by atoms with Gasteiger partial charge in [-0.05, 0) is 35.6 Å². The second-order valence-corrected chi connectivity index (χ2v) is 8.07. The molecule has 0 bridgehead atoms. The van der Waals surface area contributed by atoms with Crippen molar-refractivity contribution < 1.29 is 4.79 Å². The van der Waals surface area contributed by atoms with Crippen LogP contribution in [0.5, 0.6) is 0 Å². The maximum atomic E-state index is 12.7. The van der Waals surface area contributed by atoms with Gasteiger partial charge in [0.25, 0.3) is 5.56 Å². The lowest BCUT2D eigenvalue weighted by molar-refractivity contribution is -0.123. The van der Waals surface area contributed by atoms with Gasteiger partial charge in [0.05, 0.1) is 22.0 Å². The van der Waals surface area contributed by atoms with Crippen LogP contribution < -0.4 is 10.9 Å². The zero-order valence-electron chi connectivity index (χ0n) is 16.1. The number of nitrogens with zero attached hydrogens (tertiary/aromatic N) is 3. The van der Waals surface area contributed by atoms with Crippen LogP contribution in [-0.2, 0) is 11.3 Å². The number of nitrogens with one attached hydrogen (secondary N) is 2.